The second-order valence-corrected chi connectivity index (χ2v) is 6.09. The predicted molar refractivity (Wildman–Crippen MR) is 90.0 cm³/mol. The van der Waals surface area contributed by atoms with Crippen LogP contribution in [0.2, 0.25) is 0 Å². The number of aromatic nitrogens is 1. The minimum Gasteiger partial charge on any atom is -0.361 e. The molecule has 1 unspecified atom stereocenters. The zero-order valence-corrected chi connectivity index (χ0v) is 13.2. The molecule has 1 aliphatic heterocycles. The third-order valence-electron chi connectivity index (χ3n) is 4.63. The molecule has 1 atom stereocenters. The lowest BCUT2D eigenvalue weighted by Gasteiger charge is -2.21. The third-order valence-corrected chi connectivity index (χ3v) is 4.63. The van der Waals surface area contributed by atoms with Crippen molar-refractivity contribution >= 4 is 16.8 Å². The van der Waals surface area contributed by atoms with Gasteiger partial charge in [0.2, 0.25) is 5.91 Å². The van der Waals surface area contributed by atoms with Crippen molar-refractivity contribution in [1.29, 1.82) is 0 Å². The normalized spacial score (nSPS) is 18.5. The van der Waals surface area contributed by atoms with E-state index in [0.717, 1.165) is 38.8 Å². The molecule has 118 valence electrons. The molecule has 3 N–H and O–H groups in total. The molecule has 0 radical (unpaired) electrons. The van der Waals surface area contributed by atoms with E-state index < -0.39 is 0 Å². The maximum atomic E-state index is 12.1. The van der Waals surface area contributed by atoms with Crippen molar-refractivity contribution in [3.8, 4) is 0 Å². The van der Waals surface area contributed by atoms with E-state index in [9.17, 15) is 4.79 Å². The minimum atomic E-state index is 0.142. The van der Waals surface area contributed by atoms with E-state index in [2.05, 4.69) is 46.9 Å². The Kier molecular flexibility index (Phi) is 4.78. The number of amides is 1. The van der Waals surface area contributed by atoms with Gasteiger partial charge >= 0.3 is 0 Å². The van der Waals surface area contributed by atoms with Crippen LogP contribution in [0, 0.1) is 5.92 Å². The summed E-state index contributed by atoms with van der Waals surface area (Å²) in [6.07, 6.45) is 6.09. The van der Waals surface area contributed by atoms with E-state index in [-0.39, 0.29) is 11.8 Å². The van der Waals surface area contributed by atoms with Crippen LogP contribution in [0.5, 0.6) is 0 Å². The first kappa shape index (κ1) is 15.1. The molecule has 1 aromatic heterocycles. The number of fused-ring (bicyclic) bond motifs is 1. The average molecular weight is 299 g/mol. The smallest absolute Gasteiger partial charge is 0.224 e. The van der Waals surface area contributed by atoms with Gasteiger partial charge in [-0.05, 0) is 43.4 Å². The van der Waals surface area contributed by atoms with Crippen molar-refractivity contribution in [2.75, 3.05) is 19.6 Å². The summed E-state index contributed by atoms with van der Waals surface area (Å²) in [5.74, 6) is 0.338. The molecule has 3 rings (SSSR count). The lowest BCUT2D eigenvalue weighted by atomic mass is 9.99. The summed E-state index contributed by atoms with van der Waals surface area (Å²) in [7, 11) is 0. The molecule has 2 aromatic rings. The monoisotopic (exact) mass is 299 g/mol. The van der Waals surface area contributed by atoms with E-state index >= 15 is 0 Å². The Bertz CT molecular complexity index is 641. The molecule has 1 aliphatic rings. The van der Waals surface area contributed by atoms with E-state index in [1.807, 2.05) is 0 Å². The van der Waals surface area contributed by atoms with E-state index in [0.29, 0.717) is 6.54 Å². The molecule has 4 nitrogen and oxygen atoms in total. The number of rotatable bonds is 5. The largest absolute Gasteiger partial charge is 0.361 e. The van der Waals surface area contributed by atoms with Crippen LogP contribution in [-0.4, -0.2) is 30.5 Å². The van der Waals surface area contributed by atoms with Crippen molar-refractivity contribution in [2.45, 2.75) is 32.6 Å². The fourth-order valence-electron chi connectivity index (χ4n) is 3.32. The van der Waals surface area contributed by atoms with Gasteiger partial charge in [0.15, 0.2) is 0 Å². The molecule has 1 amide bonds. The summed E-state index contributed by atoms with van der Waals surface area (Å²) in [6, 6.07) is 6.44. The topological polar surface area (TPSA) is 56.9 Å². The van der Waals surface area contributed by atoms with E-state index in [1.54, 1.807) is 0 Å². The molecule has 2 heterocycles. The van der Waals surface area contributed by atoms with Gasteiger partial charge in [-0.25, -0.2) is 0 Å². The highest BCUT2D eigenvalue weighted by Crippen LogP contribution is 2.22. The quantitative estimate of drug-likeness (QED) is 0.794. The Balaban J connectivity index is 1.59. The molecular formula is C18H25N3O. The molecule has 1 fully saturated rings. The van der Waals surface area contributed by atoms with Crippen molar-refractivity contribution < 1.29 is 4.79 Å². The Morgan fingerprint density at radius 3 is 3.05 bits per heavy atom. The van der Waals surface area contributed by atoms with E-state index in [4.69, 9.17) is 0 Å². The summed E-state index contributed by atoms with van der Waals surface area (Å²) in [6.45, 7) is 4.74. The van der Waals surface area contributed by atoms with Crippen LogP contribution < -0.4 is 10.6 Å². The Labute approximate surface area is 131 Å². The Morgan fingerprint density at radius 1 is 1.36 bits per heavy atom. The van der Waals surface area contributed by atoms with Gasteiger partial charge in [0.1, 0.15) is 0 Å². The van der Waals surface area contributed by atoms with Gasteiger partial charge in [0, 0.05) is 30.2 Å². The lowest BCUT2D eigenvalue weighted by Crippen LogP contribution is -2.41. The number of nitrogens with one attached hydrogen (secondary N) is 3. The van der Waals surface area contributed by atoms with Gasteiger partial charge in [-0.3, -0.25) is 4.79 Å². The minimum absolute atomic E-state index is 0.142. The summed E-state index contributed by atoms with van der Waals surface area (Å²) < 4.78 is 0. The van der Waals surface area contributed by atoms with Crippen LogP contribution in [0.1, 0.15) is 30.9 Å². The molecular weight excluding hydrogens is 274 g/mol. The molecule has 4 heteroatoms. The lowest BCUT2D eigenvalue weighted by molar-refractivity contribution is -0.125. The maximum absolute atomic E-state index is 12.1. The van der Waals surface area contributed by atoms with Crippen molar-refractivity contribution in [3.63, 3.8) is 0 Å². The van der Waals surface area contributed by atoms with Crippen LogP contribution in [0.15, 0.2) is 24.4 Å². The number of aryl methyl sites for hydroxylation is 1. The van der Waals surface area contributed by atoms with Gasteiger partial charge in [0.05, 0.1) is 5.92 Å². The maximum Gasteiger partial charge on any atom is 0.224 e. The fraction of sp³-hybridized carbons (Fsp3) is 0.500. The number of para-hydroxylation sites is 1. The van der Waals surface area contributed by atoms with Crippen molar-refractivity contribution in [3.05, 3.63) is 35.5 Å². The van der Waals surface area contributed by atoms with Gasteiger partial charge in [-0.2, -0.15) is 0 Å². The van der Waals surface area contributed by atoms with Crippen LogP contribution in [0.3, 0.4) is 0 Å². The standard InChI is InChI=1S/C18H25N3O/c1-2-13-5-3-7-16-14(12-21-17(13)16)8-10-20-18(22)15-6-4-9-19-11-15/h3,5,7,12,15,19,21H,2,4,6,8-11H2,1H3,(H,20,22). The molecule has 22 heavy (non-hydrogen) atoms. The molecule has 0 spiro atoms. The molecule has 0 bridgehead atoms. The summed E-state index contributed by atoms with van der Waals surface area (Å²) in [5.41, 5.74) is 3.87. The molecule has 0 saturated carbocycles. The first-order chi connectivity index (χ1) is 10.8. The Hall–Kier alpha value is -1.81. The molecule has 1 aromatic carbocycles. The van der Waals surface area contributed by atoms with E-state index in [1.165, 1.54) is 22.0 Å². The number of hydrogen-bond donors (Lipinski definition) is 3. The number of carbonyl (C=O) groups excluding carboxylic acids is 1. The fourth-order valence-corrected chi connectivity index (χ4v) is 3.32. The van der Waals surface area contributed by atoms with Crippen LogP contribution >= 0.6 is 0 Å². The van der Waals surface area contributed by atoms with Crippen LogP contribution in [-0.2, 0) is 17.6 Å². The zero-order chi connectivity index (χ0) is 15.4. The van der Waals surface area contributed by atoms with Crippen molar-refractivity contribution in [2.24, 2.45) is 5.92 Å². The Morgan fingerprint density at radius 2 is 2.27 bits per heavy atom. The van der Waals surface area contributed by atoms with Crippen LogP contribution in [0.25, 0.3) is 10.9 Å². The van der Waals surface area contributed by atoms with Crippen molar-refractivity contribution in [1.82, 2.24) is 15.6 Å². The summed E-state index contributed by atoms with van der Waals surface area (Å²) in [5, 5.41) is 7.67. The summed E-state index contributed by atoms with van der Waals surface area (Å²) >= 11 is 0. The first-order valence-corrected chi connectivity index (χ1v) is 8.36. The first-order valence-electron chi connectivity index (χ1n) is 8.36. The second kappa shape index (κ2) is 6.97. The summed E-state index contributed by atoms with van der Waals surface area (Å²) in [4.78, 5) is 15.5. The molecule has 1 saturated heterocycles. The highest BCUT2D eigenvalue weighted by Gasteiger charge is 2.20. The van der Waals surface area contributed by atoms with Crippen LogP contribution in [0.4, 0.5) is 0 Å². The average Bonchev–Trinajstić information content (AvgIpc) is 2.99. The van der Waals surface area contributed by atoms with Gasteiger partial charge in [0.25, 0.3) is 0 Å². The number of hydrogen-bond acceptors (Lipinski definition) is 2. The van der Waals surface area contributed by atoms with Gasteiger partial charge in [-0.15, -0.1) is 0 Å². The molecule has 0 aliphatic carbocycles. The number of aromatic amines is 1. The second-order valence-electron chi connectivity index (χ2n) is 6.09. The highest BCUT2D eigenvalue weighted by atomic mass is 16.1. The zero-order valence-electron chi connectivity index (χ0n) is 13.2. The predicted octanol–water partition coefficient (Wildman–Crippen LogP) is 2.39. The number of H-pyrrole nitrogens is 1. The SMILES string of the molecule is CCc1cccc2c(CCNC(=O)C3CCCNC3)c[nH]c12. The number of piperidine rings is 1. The number of benzene rings is 1. The third kappa shape index (κ3) is 3.17. The number of carbonyl (C=O) groups is 1. The highest BCUT2D eigenvalue weighted by molar-refractivity contribution is 5.86. The van der Waals surface area contributed by atoms with Gasteiger partial charge < -0.3 is 15.6 Å². The van der Waals surface area contributed by atoms with Gasteiger partial charge in [-0.1, -0.05) is 25.1 Å².